The number of carbonyl (C=O) groups is 1. The summed E-state index contributed by atoms with van der Waals surface area (Å²) in [6, 6.07) is 10.8. The predicted molar refractivity (Wildman–Crippen MR) is 78.4 cm³/mol. The molecule has 0 radical (unpaired) electrons. The molecule has 3 heteroatoms. The molecule has 0 aliphatic carbocycles. The highest BCUT2D eigenvalue weighted by atomic mass is 16.4. The SMILES string of the molecule is CC(NCCCCC(=O)O)C(C)(C)c1ccccc1. The van der Waals surface area contributed by atoms with E-state index in [1.54, 1.807) is 0 Å². The molecule has 0 fully saturated rings. The maximum Gasteiger partial charge on any atom is 0.303 e. The third kappa shape index (κ3) is 5.03. The van der Waals surface area contributed by atoms with E-state index in [2.05, 4.69) is 50.4 Å². The Balaban J connectivity index is 2.40. The van der Waals surface area contributed by atoms with Gasteiger partial charge in [-0.05, 0) is 31.9 Å². The number of hydrogen-bond donors (Lipinski definition) is 2. The topological polar surface area (TPSA) is 49.3 Å². The van der Waals surface area contributed by atoms with Gasteiger partial charge in [0.05, 0.1) is 0 Å². The van der Waals surface area contributed by atoms with Crippen molar-refractivity contribution < 1.29 is 9.90 Å². The Hall–Kier alpha value is -1.35. The fourth-order valence-corrected chi connectivity index (χ4v) is 2.09. The lowest BCUT2D eigenvalue weighted by Crippen LogP contribution is -2.43. The van der Waals surface area contributed by atoms with Crippen molar-refractivity contribution in [3.8, 4) is 0 Å². The van der Waals surface area contributed by atoms with Crippen LogP contribution in [0.15, 0.2) is 30.3 Å². The van der Waals surface area contributed by atoms with Crippen LogP contribution in [0.1, 0.15) is 45.6 Å². The number of benzene rings is 1. The maximum atomic E-state index is 10.4. The summed E-state index contributed by atoms with van der Waals surface area (Å²) in [6.45, 7) is 7.52. The van der Waals surface area contributed by atoms with Crippen molar-refractivity contribution in [2.24, 2.45) is 0 Å². The highest BCUT2D eigenvalue weighted by molar-refractivity contribution is 5.66. The Bertz CT molecular complexity index is 387. The van der Waals surface area contributed by atoms with E-state index in [-0.39, 0.29) is 11.8 Å². The third-order valence-corrected chi connectivity index (χ3v) is 3.87. The Morgan fingerprint density at radius 2 is 1.89 bits per heavy atom. The monoisotopic (exact) mass is 263 g/mol. The predicted octanol–water partition coefficient (Wildman–Crippen LogP) is 3.20. The largest absolute Gasteiger partial charge is 0.481 e. The maximum absolute atomic E-state index is 10.4. The lowest BCUT2D eigenvalue weighted by molar-refractivity contribution is -0.137. The molecule has 2 N–H and O–H groups in total. The van der Waals surface area contributed by atoms with Crippen molar-refractivity contribution >= 4 is 5.97 Å². The highest BCUT2D eigenvalue weighted by Crippen LogP contribution is 2.26. The lowest BCUT2D eigenvalue weighted by atomic mass is 9.78. The van der Waals surface area contributed by atoms with Crippen molar-refractivity contribution in [2.75, 3.05) is 6.54 Å². The average Bonchev–Trinajstić information content (AvgIpc) is 2.38. The van der Waals surface area contributed by atoms with E-state index in [1.807, 2.05) is 6.07 Å². The zero-order valence-corrected chi connectivity index (χ0v) is 12.1. The molecular formula is C16H25NO2. The minimum atomic E-state index is -0.710. The first kappa shape index (κ1) is 15.7. The Morgan fingerprint density at radius 3 is 2.47 bits per heavy atom. The van der Waals surface area contributed by atoms with Gasteiger partial charge in [0, 0.05) is 17.9 Å². The Kier molecular flexibility index (Phi) is 6.03. The Labute approximate surface area is 116 Å². The summed E-state index contributed by atoms with van der Waals surface area (Å²) >= 11 is 0. The highest BCUT2D eigenvalue weighted by Gasteiger charge is 2.26. The van der Waals surface area contributed by atoms with Crippen LogP contribution in [0.3, 0.4) is 0 Å². The van der Waals surface area contributed by atoms with Crippen LogP contribution in [0.5, 0.6) is 0 Å². The summed E-state index contributed by atoms with van der Waals surface area (Å²) in [5, 5.41) is 12.1. The molecule has 0 heterocycles. The molecule has 0 amide bonds. The van der Waals surface area contributed by atoms with Crippen LogP contribution in [-0.2, 0) is 10.2 Å². The van der Waals surface area contributed by atoms with E-state index in [0.717, 1.165) is 19.4 Å². The van der Waals surface area contributed by atoms with E-state index in [1.165, 1.54) is 5.56 Å². The van der Waals surface area contributed by atoms with Crippen molar-refractivity contribution in [3.05, 3.63) is 35.9 Å². The fraction of sp³-hybridized carbons (Fsp3) is 0.562. The van der Waals surface area contributed by atoms with E-state index >= 15 is 0 Å². The number of nitrogens with one attached hydrogen (secondary N) is 1. The van der Waals surface area contributed by atoms with Gasteiger partial charge in [-0.2, -0.15) is 0 Å². The van der Waals surface area contributed by atoms with Crippen molar-refractivity contribution in [2.45, 2.75) is 51.5 Å². The molecule has 0 bridgehead atoms. The van der Waals surface area contributed by atoms with Gasteiger partial charge in [0.25, 0.3) is 0 Å². The molecule has 0 saturated carbocycles. The van der Waals surface area contributed by atoms with Crippen LogP contribution < -0.4 is 5.32 Å². The van der Waals surface area contributed by atoms with E-state index in [0.29, 0.717) is 6.04 Å². The fourth-order valence-electron chi connectivity index (χ4n) is 2.09. The van der Waals surface area contributed by atoms with E-state index in [9.17, 15) is 4.79 Å². The van der Waals surface area contributed by atoms with Crippen LogP contribution in [0, 0.1) is 0 Å². The number of rotatable bonds is 8. The quantitative estimate of drug-likeness (QED) is 0.708. The molecule has 1 atom stereocenters. The minimum absolute atomic E-state index is 0.0635. The van der Waals surface area contributed by atoms with Gasteiger partial charge >= 0.3 is 5.97 Å². The molecule has 3 nitrogen and oxygen atoms in total. The number of aliphatic carboxylic acids is 1. The molecular weight excluding hydrogens is 238 g/mol. The zero-order valence-electron chi connectivity index (χ0n) is 12.1. The van der Waals surface area contributed by atoms with Gasteiger partial charge < -0.3 is 10.4 Å². The van der Waals surface area contributed by atoms with Crippen LogP contribution >= 0.6 is 0 Å². The van der Waals surface area contributed by atoms with E-state index < -0.39 is 5.97 Å². The molecule has 0 aliphatic rings. The summed E-state index contributed by atoms with van der Waals surface area (Å²) in [7, 11) is 0. The van der Waals surface area contributed by atoms with Gasteiger partial charge in [-0.1, -0.05) is 44.2 Å². The van der Waals surface area contributed by atoms with Gasteiger partial charge in [0.15, 0.2) is 0 Å². The average molecular weight is 263 g/mol. The van der Waals surface area contributed by atoms with Gasteiger partial charge in [-0.25, -0.2) is 0 Å². The van der Waals surface area contributed by atoms with Crippen molar-refractivity contribution in [1.29, 1.82) is 0 Å². The lowest BCUT2D eigenvalue weighted by Gasteiger charge is -2.33. The van der Waals surface area contributed by atoms with Gasteiger partial charge in [-0.3, -0.25) is 4.79 Å². The molecule has 19 heavy (non-hydrogen) atoms. The number of carboxylic acids is 1. The molecule has 1 unspecified atom stereocenters. The molecule has 0 aliphatic heterocycles. The van der Waals surface area contributed by atoms with E-state index in [4.69, 9.17) is 5.11 Å². The van der Waals surface area contributed by atoms with Crippen LogP contribution in [0.25, 0.3) is 0 Å². The van der Waals surface area contributed by atoms with Crippen LogP contribution in [-0.4, -0.2) is 23.7 Å². The van der Waals surface area contributed by atoms with Gasteiger partial charge in [0.1, 0.15) is 0 Å². The normalized spacial score (nSPS) is 13.2. The number of carboxylic acid groups (broad SMARTS) is 1. The standard InChI is InChI=1S/C16H25NO2/c1-13(17-12-8-7-11-15(18)19)16(2,3)14-9-5-4-6-10-14/h4-6,9-10,13,17H,7-8,11-12H2,1-3H3,(H,18,19). The van der Waals surface area contributed by atoms with Crippen LogP contribution in [0.4, 0.5) is 0 Å². The zero-order chi connectivity index (χ0) is 14.3. The molecule has 1 aromatic rings. The summed E-state index contributed by atoms with van der Waals surface area (Å²) in [5.41, 5.74) is 1.38. The molecule has 0 saturated heterocycles. The summed E-state index contributed by atoms with van der Waals surface area (Å²) in [4.78, 5) is 10.4. The number of unbranched alkanes of at least 4 members (excludes halogenated alkanes) is 1. The molecule has 1 rings (SSSR count). The Morgan fingerprint density at radius 1 is 1.26 bits per heavy atom. The minimum Gasteiger partial charge on any atom is -0.481 e. The second-order valence-electron chi connectivity index (χ2n) is 5.61. The first-order valence-electron chi connectivity index (χ1n) is 6.95. The smallest absolute Gasteiger partial charge is 0.303 e. The molecule has 1 aromatic carbocycles. The van der Waals surface area contributed by atoms with Crippen LogP contribution in [0.2, 0.25) is 0 Å². The summed E-state index contributed by atoms with van der Waals surface area (Å²) < 4.78 is 0. The number of hydrogen-bond acceptors (Lipinski definition) is 2. The van der Waals surface area contributed by atoms with Gasteiger partial charge in [-0.15, -0.1) is 0 Å². The second kappa shape index (κ2) is 7.29. The van der Waals surface area contributed by atoms with Crippen molar-refractivity contribution in [3.63, 3.8) is 0 Å². The van der Waals surface area contributed by atoms with Crippen molar-refractivity contribution in [1.82, 2.24) is 5.32 Å². The molecule has 106 valence electrons. The first-order valence-corrected chi connectivity index (χ1v) is 6.95. The molecule has 0 aromatic heterocycles. The summed E-state index contributed by atoms with van der Waals surface area (Å²) in [6.07, 6.45) is 1.90. The third-order valence-electron chi connectivity index (χ3n) is 3.87. The van der Waals surface area contributed by atoms with Gasteiger partial charge in [0.2, 0.25) is 0 Å². The summed E-state index contributed by atoms with van der Waals surface area (Å²) in [5.74, 6) is -0.710. The second-order valence-corrected chi connectivity index (χ2v) is 5.61. The first-order chi connectivity index (χ1) is 8.94. The molecule has 0 spiro atoms.